The molecule has 0 aromatic rings. The molecule has 5 heteroatoms. The summed E-state index contributed by atoms with van der Waals surface area (Å²) < 4.78 is 0. The summed E-state index contributed by atoms with van der Waals surface area (Å²) in [6.45, 7) is 3.15. The fraction of sp³-hybridized carbons (Fsp3) is 0.600. The molecule has 1 saturated heterocycles. The first-order valence-electron chi connectivity index (χ1n) is 4.83. The highest BCUT2D eigenvalue weighted by Gasteiger charge is 2.57. The summed E-state index contributed by atoms with van der Waals surface area (Å²) in [4.78, 5) is 23.7. The zero-order valence-corrected chi connectivity index (χ0v) is 8.60. The molecule has 0 saturated carbocycles. The molecule has 2 unspecified atom stereocenters. The Morgan fingerprint density at radius 1 is 1.60 bits per heavy atom. The zero-order chi connectivity index (χ0) is 11.4. The van der Waals surface area contributed by atoms with Gasteiger partial charge in [0.2, 0.25) is 5.91 Å². The molecule has 2 aliphatic rings. The van der Waals surface area contributed by atoms with Crippen molar-refractivity contribution in [3.63, 3.8) is 0 Å². The molecule has 0 bridgehead atoms. The highest BCUT2D eigenvalue weighted by atomic mass is 16.4. The van der Waals surface area contributed by atoms with Crippen molar-refractivity contribution in [2.24, 2.45) is 5.92 Å². The molecular formula is C10H13NO4. The van der Waals surface area contributed by atoms with Crippen molar-refractivity contribution in [3.05, 3.63) is 11.8 Å². The molecule has 5 nitrogen and oxygen atoms in total. The van der Waals surface area contributed by atoms with E-state index in [4.69, 9.17) is 5.11 Å². The number of rotatable bonds is 2. The van der Waals surface area contributed by atoms with E-state index in [1.165, 1.54) is 11.0 Å². The maximum absolute atomic E-state index is 11.7. The molecule has 0 spiro atoms. The Morgan fingerprint density at radius 3 is 2.67 bits per heavy atom. The summed E-state index contributed by atoms with van der Waals surface area (Å²) in [6.07, 6.45) is 2.05. The average Bonchev–Trinajstić information content (AvgIpc) is 2.40. The lowest BCUT2D eigenvalue weighted by atomic mass is 9.76. The summed E-state index contributed by atoms with van der Waals surface area (Å²) in [5, 5.41) is 18.6. The number of hydrogen-bond acceptors (Lipinski definition) is 3. The minimum Gasteiger partial charge on any atom is -0.477 e. The highest BCUT2D eigenvalue weighted by Crippen LogP contribution is 2.43. The minimum absolute atomic E-state index is 0.0468. The molecule has 2 heterocycles. The van der Waals surface area contributed by atoms with Gasteiger partial charge in [-0.25, -0.2) is 4.79 Å². The zero-order valence-electron chi connectivity index (χ0n) is 8.60. The fourth-order valence-electron chi connectivity index (χ4n) is 2.38. The van der Waals surface area contributed by atoms with Gasteiger partial charge in [-0.2, -0.15) is 0 Å². The fourth-order valence-corrected chi connectivity index (χ4v) is 2.38. The number of nitrogens with zero attached hydrogens (tertiary/aromatic N) is 1. The molecule has 15 heavy (non-hydrogen) atoms. The first-order chi connectivity index (χ1) is 6.84. The number of fused-ring (bicyclic) bond motifs is 1. The van der Waals surface area contributed by atoms with Crippen LogP contribution in [0.2, 0.25) is 0 Å². The standard InChI is InChI=1S/C10H13NO4/c1-10(2,15)7-5-3-4-6(9(13)14)11(5)8(7)12/h4-5,7,15H,3H2,1-2H3,(H,13,14). The third-order valence-electron chi connectivity index (χ3n) is 3.01. The van der Waals surface area contributed by atoms with Crippen LogP contribution in [-0.4, -0.2) is 38.6 Å². The van der Waals surface area contributed by atoms with Crippen molar-refractivity contribution in [1.29, 1.82) is 0 Å². The molecule has 2 N–H and O–H groups in total. The van der Waals surface area contributed by atoms with Gasteiger partial charge in [0.25, 0.3) is 0 Å². The van der Waals surface area contributed by atoms with Crippen molar-refractivity contribution in [3.8, 4) is 0 Å². The van der Waals surface area contributed by atoms with Gasteiger partial charge in [-0.05, 0) is 20.3 Å². The van der Waals surface area contributed by atoms with Crippen molar-refractivity contribution in [1.82, 2.24) is 4.90 Å². The summed E-state index contributed by atoms with van der Waals surface area (Å²) in [6, 6.07) is -0.177. The van der Waals surface area contributed by atoms with Gasteiger partial charge in [0.05, 0.1) is 17.6 Å². The highest BCUT2D eigenvalue weighted by molar-refractivity contribution is 5.99. The molecule has 82 valence electrons. The van der Waals surface area contributed by atoms with Crippen LogP contribution in [-0.2, 0) is 9.59 Å². The lowest BCUT2D eigenvalue weighted by Crippen LogP contribution is -2.65. The third kappa shape index (κ3) is 1.26. The maximum atomic E-state index is 11.7. The predicted octanol–water partition coefficient (Wildman–Crippen LogP) is -0.0435. The van der Waals surface area contributed by atoms with E-state index in [2.05, 4.69) is 0 Å². The monoisotopic (exact) mass is 211 g/mol. The van der Waals surface area contributed by atoms with Crippen LogP contribution in [0.3, 0.4) is 0 Å². The topological polar surface area (TPSA) is 77.8 Å². The lowest BCUT2D eigenvalue weighted by Gasteiger charge is -2.48. The van der Waals surface area contributed by atoms with Crippen molar-refractivity contribution < 1.29 is 19.8 Å². The van der Waals surface area contributed by atoms with Crippen LogP contribution in [0.5, 0.6) is 0 Å². The Balaban J connectivity index is 2.21. The molecule has 2 aliphatic heterocycles. The van der Waals surface area contributed by atoms with E-state index < -0.39 is 17.5 Å². The summed E-state index contributed by atoms with van der Waals surface area (Å²) in [5.41, 5.74) is -1.04. The first-order valence-corrected chi connectivity index (χ1v) is 4.83. The largest absolute Gasteiger partial charge is 0.477 e. The van der Waals surface area contributed by atoms with Crippen LogP contribution in [0, 0.1) is 5.92 Å². The number of carbonyl (C=O) groups is 2. The second-order valence-electron chi connectivity index (χ2n) is 4.54. The maximum Gasteiger partial charge on any atom is 0.352 e. The molecule has 2 atom stereocenters. The van der Waals surface area contributed by atoms with Gasteiger partial charge in [0.15, 0.2) is 0 Å². The van der Waals surface area contributed by atoms with E-state index in [1.807, 2.05) is 0 Å². The van der Waals surface area contributed by atoms with E-state index in [0.717, 1.165) is 0 Å². The average molecular weight is 211 g/mol. The van der Waals surface area contributed by atoms with Gasteiger partial charge < -0.3 is 15.1 Å². The molecule has 0 radical (unpaired) electrons. The van der Waals surface area contributed by atoms with Crippen LogP contribution in [0.4, 0.5) is 0 Å². The Bertz CT molecular complexity index is 366. The van der Waals surface area contributed by atoms with E-state index in [9.17, 15) is 14.7 Å². The minimum atomic E-state index is -1.08. The Labute approximate surface area is 87.0 Å². The van der Waals surface area contributed by atoms with E-state index in [-0.39, 0.29) is 17.6 Å². The van der Waals surface area contributed by atoms with Crippen LogP contribution in [0.25, 0.3) is 0 Å². The number of carboxylic acids is 1. The van der Waals surface area contributed by atoms with Crippen LogP contribution >= 0.6 is 0 Å². The first kappa shape index (κ1) is 10.2. The van der Waals surface area contributed by atoms with E-state index in [0.29, 0.717) is 6.42 Å². The van der Waals surface area contributed by atoms with Gasteiger partial charge in [0, 0.05) is 0 Å². The molecular weight excluding hydrogens is 198 g/mol. The van der Waals surface area contributed by atoms with Crippen LogP contribution in [0.15, 0.2) is 11.8 Å². The summed E-state index contributed by atoms with van der Waals surface area (Å²) in [5.74, 6) is -1.86. The number of aliphatic hydroxyl groups is 1. The summed E-state index contributed by atoms with van der Waals surface area (Å²) >= 11 is 0. The van der Waals surface area contributed by atoms with E-state index >= 15 is 0 Å². The number of aliphatic carboxylic acids is 1. The van der Waals surface area contributed by atoms with Gasteiger partial charge in [0.1, 0.15) is 5.70 Å². The predicted molar refractivity (Wildman–Crippen MR) is 50.8 cm³/mol. The SMILES string of the molecule is CC(C)(O)C1C(=O)N2C(C(=O)O)=CCC12. The Morgan fingerprint density at radius 2 is 2.20 bits per heavy atom. The van der Waals surface area contributed by atoms with Crippen molar-refractivity contribution in [2.45, 2.75) is 31.9 Å². The molecule has 1 amide bonds. The second-order valence-corrected chi connectivity index (χ2v) is 4.54. The number of carboxylic acid groups (broad SMARTS) is 1. The Kier molecular flexibility index (Phi) is 1.91. The normalized spacial score (nSPS) is 29.7. The number of carbonyl (C=O) groups excluding carboxylic acids is 1. The molecule has 0 aromatic heterocycles. The van der Waals surface area contributed by atoms with Crippen molar-refractivity contribution >= 4 is 11.9 Å². The van der Waals surface area contributed by atoms with Gasteiger partial charge in [-0.3, -0.25) is 4.79 Å². The quantitative estimate of drug-likeness (QED) is 0.628. The molecule has 2 rings (SSSR count). The molecule has 0 aliphatic carbocycles. The number of hydrogen-bond donors (Lipinski definition) is 2. The van der Waals surface area contributed by atoms with Crippen LogP contribution in [0.1, 0.15) is 20.3 Å². The van der Waals surface area contributed by atoms with Gasteiger partial charge in [-0.15, -0.1) is 0 Å². The van der Waals surface area contributed by atoms with Gasteiger partial charge in [-0.1, -0.05) is 6.08 Å². The van der Waals surface area contributed by atoms with Gasteiger partial charge >= 0.3 is 5.97 Å². The van der Waals surface area contributed by atoms with E-state index in [1.54, 1.807) is 13.8 Å². The summed E-state index contributed by atoms with van der Waals surface area (Å²) in [7, 11) is 0. The Hall–Kier alpha value is -1.36. The molecule has 0 aromatic carbocycles. The number of amides is 1. The smallest absolute Gasteiger partial charge is 0.352 e. The molecule has 1 fully saturated rings. The lowest BCUT2D eigenvalue weighted by molar-refractivity contribution is -0.169. The van der Waals surface area contributed by atoms with Crippen LogP contribution < -0.4 is 0 Å². The number of β-lactam (4-membered cyclic amide) rings is 1. The third-order valence-corrected chi connectivity index (χ3v) is 3.01. The van der Waals surface area contributed by atoms with Crippen molar-refractivity contribution in [2.75, 3.05) is 0 Å². The second kappa shape index (κ2) is 2.82.